The maximum atomic E-state index is 14.8. The number of hydrogen-bond donors (Lipinski definition) is 0. The van der Waals surface area contributed by atoms with Crippen LogP contribution in [0.1, 0.15) is 18.9 Å². The highest BCUT2D eigenvalue weighted by atomic mass is 32.2. The predicted molar refractivity (Wildman–Crippen MR) is 166 cm³/mol. The maximum Gasteiger partial charge on any atom is 0.357 e. The number of hydrogen-bond acceptors (Lipinski definition) is 12. The highest BCUT2D eigenvalue weighted by Gasteiger charge is 2.68. The number of ether oxygens (including phenoxy) is 4. The Hall–Kier alpha value is -5.03. The zero-order chi connectivity index (χ0) is 33.0. The topological polar surface area (TPSA) is 144 Å². The number of nitrogens with zero attached hydrogens (tertiary/aromatic N) is 4. The lowest BCUT2D eigenvalue weighted by Crippen LogP contribution is -2.55. The molecule has 6 rings (SSSR count). The van der Waals surface area contributed by atoms with E-state index in [9.17, 15) is 22.8 Å². The molecule has 0 aromatic heterocycles. The van der Waals surface area contributed by atoms with Crippen molar-refractivity contribution in [2.75, 3.05) is 57.9 Å². The molecule has 0 aliphatic carbocycles. The Morgan fingerprint density at radius 1 is 1.04 bits per heavy atom. The normalized spacial score (nSPS) is 22.7. The van der Waals surface area contributed by atoms with Gasteiger partial charge in [0, 0.05) is 18.8 Å². The minimum Gasteiger partial charge on any atom is -0.490 e. The fraction of sp³-hybridized carbons (Fsp3) is 0.375. The molecule has 4 aliphatic heterocycles. The number of carbonyl (C=O) groups is 3. The number of benzene rings is 2. The summed E-state index contributed by atoms with van der Waals surface area (Å²) >= 11 is 0. The number of aliphatic imine (C=N–C) groups is 1. The molecule has 240 valence electrons. The van der Waals surface area contributed by atoms with E-state index in [4.69, 9.17) is 18.9 Å². The van der Waals surface area contributed by atoms with Gasteiger partial charge in [0.15, 0.2) is 5.70 Å². The number of fused-ring (bicyclic) bond motifs is 2. The van der Waals surface area contributed by atoms with Gasteiger partial charge in [0.2, 0.25) is 0 Å². The molecular weight excluding hydrogens is 616 g/mol. The largest absolute Gasteiger partial charge is 0.490 e. The molecule has 4 aliphatic rings. The first-order chi connectivity index (χ1) is 22.1. The summed E-state index contributed by atoms with van der Waals surface area (Å²) in [6.45, 7) is 2.75. The molecular formula is C32H32N4O9S. The number of sulfonamides is 1. The van der Waals surface area contributed by atoms with Gasteiger partial charge in [0.25, 0.3) is 10.0 Å². The van der Waals surface area contributed by atoms with Gasteiger partial charge in [-0.3, -0.25) is 0 Å². The number of rotatable bonds is 6. The predicted octanol–water partition coefficient (Wildman–Crippen LogP) is 1.61. The molecule has 0 amide bonds. The summed E-state index contributed by atoms with van der Waals surface area (Å²) in [7, 11) is 0.756. The van der Waals surface area contributed by atoms with Crippen molar-refractivity contribution in [3.8, 4) is 17.6 Å². The molecule has 0 bridgehead atoms. The van der Waals surface area contributed by atoms with Gasteiger partial charge in [-0.05, 0) is 37.1 Å². The summed E-state index contributed by atoms with van der Waals surface area (Å²) in [6, 6.07) is 9.18. The van der Waals surface area contributed by atoms with Crippen LogP contribution in [-0.4, -0.2) is 96.6 Å². The molecule has 46 heavy (non-hydrogen) atoms. The first kappa shape index (κ1) is 31.0. The molecule has 3 atom stereocenters. The Labute approximate surface area is 266 Å². The van der Waals surface area contributed by atoms with E-state index in [0.29, 0.717) is 35.8 Å². The van der Waals surface area contributed by atoms with Crippen LogP contribution in [0.2, 0.25) is 0 Å². The quantitative estimate of drug-likeness (QED) is 0.256. The van der Waals surface area contributed by atoms with Crippen LogP contribution < -0.4 is 14.5 Å². The third-order valence-electron chi connectivity index (χ3n) is 8.89. The minimum absolute atomic E-state index is 0.105. The molecule has 4 heterocycles. The van der Waals surface area contributed by atoms with E-state index in [2.05, 4.69) is 16.8 Å². The highest BCUT2D eigenvalue weighted by Crippen LogP contribution is 2.58. The Morgan fingerprint density at radius 2 is 1.78 bits per heavy atom. The Bertz CT molecular complexity index is 1890. The SMILES string of the molecule is CC#CCN1c2ccccc2[C@]23C[C@@H](C(=O)OC)N(S(=O)(=O)c4ccc5c(c4)OCCN5C)C2=NC(C(=O)OC)=C(C(=O)OC)[C@H]13. The van der Waals surface area contributed by atoms with E-state index < -0.39 is 51.1 Å². The first-order valence-electron chi connectivity index (χ1n) is 14.4. The minimum atomic E-state index is -4.58. The monoisotopic (exact) mass is 648 g/mol. The van der Waals surface area contributed by atoms with Gasteiger partial charge in [-0.25, -0.2) is 32.1 Å². The van der Waals surface area contributed by atoms with Crippen LogP contribution in [0.5, 0.6) is 5.75 Å². The highest BCUT2D eigenvalue weighted by molar-refractivity contribution is 7.89. The molecule has 1 saturated heterocycles. The fourth-order valence-electron chi connectivity index (χ4n) is 6.91. The summed E-state index contributed by atoms with van der Waals surface area (Å²) in [5.74, 6) is 3.43. The zero-order valence-corrected chi connectivity index (χ0v) is 26.7. The van der Waals surface area contributed by atoms with Crippen molar-refractivity contribution in [1.82, 2.24) is 4.31 Å². The van der Waals surface area contributed by atoms with Crippen molar-refractivity contribution in [2.45, 2.75) is 35.7 Å². The molecule has 2 aromatic carbocycles. The first-order valence-corrected chi connectivity index (χ1v) is 15.9. The van der Waals surface area contributed by atoms with Gasteiger partial charge in [0.1, 0.15) is 24.2 Å². The van der Waals surface area contributed by atoms with Crippen LogP contribution in [0.4, 0.5) is 11.4 Å². The lowest BCUT2D eigenvalue weighted by atomic mass is 9.69. The van der Waals surface area contributed by atoms with Gasteiger partial charge in [-0.15, -0.1) is 5.92 Å². The summed E-state index contributed by atoms with van der Waals surface area (Å²) in [5, 5.41) is 0. The summed E-state index contributed by atoms with van der Waals surface area (Å²) in [5.41, 5.74) is -0.0657. The molecule has 0 saturated carbocycles. The summed E-state index contributed by atoms with van der Waals surface area (Å²) < 4.78 is 51.6. The van der Waals surface area contributed by atoms with E-state index in [-0.39, 0.29) is 29.3 Å². The average Bonchev–Trinajstić information content (AvgIpc) is 3.57. The van der Waals surface area contributed by atoms with Gasteiger partial charge in [-0.1, -0.05) is 24.1 Å². The molecule has 0 unspecified atom stereocenters. The zero-order valence-electron chi connectivity index (χ0n) is 25.9. The number of para-hydroxylation sites is 1. The van der Waals surface area contributed by atoms with Crippen molar-refractivity contribution in [1.29, 1.82) is 0 Å². The molecule has 1 spiro atoms. The van der Waals surface area contributed by atoms with Crippen LogP contribution in [0, 0.1) is 11.8 Å². The molecule has 0 N–H and O–H groups in total. The van der Waals surface area contributed by atoms with E-state index in [0.717, 1.165) is 11.4 Å². The molecule has 2 aromatic rings. The number of anilines is 2. The number of esters is 3. The van der Waals surface area contributed by atoms with Crippen molar-refractivity contribution in [2.24, 2.45) is 4.99 Å². The van der Waals surface area contributed by atoms with Gasteiger partial charge in [-0.2, -0.15) is 0 Å². The van der Waals surface area contributed by atoms with Gasteiger partial charge >= 0.3 is 17.9 Å². The Morgan fingerprint density at radius 3 is 2.48 bits per heavy atom. The van der Waals surface area contributed by atoms with Crippen molar-refractivity contribution < 1.29 is 41.7 Å². The van der Waals surface area contributed by atoms with Crippen molar-refractivity contribution in [3.05, 3.63) is 59.3 Å². The van der Waals surface area contributed by atoms with E-state index >= 15 is 0 Å². The van der Waals surface area contributed by atoms with E-state index in [1.165, 1.54) is 26.4 Å². The smallest absolute Gasteiger partial charge is 0.357 e. The third-order valence-corrected chi connectivity index (χ3v) is 10.7. The molecule has 0 radical (unpaired) electrons. The second kappa shape index (κ2) is 11.4. The molecule has 13 nitrogen and oxygen atoms in total. The third kappa shape index (κ3) is 4.33. The van der Waals surface area contributed by atoms with Crippen LogP contribution >= 0.6 is 0 Å². The second-order valence-corrected chi connectivity index (χ2v) is 12.9. The lowest BCUT2D eigenvalue weighted by Gasteiger charge is -2.40. The molecule has 14 heteroatoms. The van der Waals surface area contributed by atoms with Crippen LogP contribution in [-0.2, 0) is 44.0 Å². The number of likely N-dealkylation sites (N-methyl/N-ethyl adjacent to an activating group) is 1. The fourth-order valence-corrected chi connectivity index (χ4v) is 8.56. The summed E-state index contributed by atoms with van der Waals surface area (Å²) in [6.07, 6.45) is -0.158. The standard InChI is InChI=1S/C32H32N4O9S/c1-6-7-14-35-21-11-9-8-10-20(21)32-18-23(28(37)42-3)36(31(32)33-26(30(39)44-5)25(27(32)35)29(38)43-4)46(40,41)19-12-13-22-24(17-19)45-16-15-34(22)2/h8-13,17,23,27H,14-16,18H2,1-5H3/t23-,27-,32-/m0/s1. The Kier molecular flexibility index (Phi) is 7.68. The van der Waals surface area contributed by atoms with Crippen molar-refractivity contribution in [3.63, 3.8) is 0 Å². The van der Waals surface area contributed by atoms with Crippen LogP contribution in [0.15, 0.2) is 63.6 Å². The number of methoxy groups -OCH3 is 3. The maximum absolute atomic E-state index is 14.8. The Balaban J connectivity index is 1.67. The van der Waals surface area contributed by atoms with E-state index in [1.54, 1.807) is 31.2 Å². The second-order valence-electron chi connectivity index (χ2n) is 11.1. The summed E-state index contributed by atoms with van der Waals surface area (Å²) in [4.78, 5) is 48.7. The van der Waals surface area contributed by atoms with Crippen LogP contribution in [0.25, 0.3) is 0 Å². The van der Waals surface area contributed by atoms with Crippen LogP contribution in [0.3, 0.4) is 0 Å². The number of amidine groups is 1. The van der Waals surface area contributed by atoms with Gasteiger partial charge in [0.05, 0.1) is 62.0 Å². The molecule has 1 fully saturated rings. The lowest BCUT2D eigenvalue weighted by molar-refractivity contribution is -0.144. The van der Waals surface area contributed by atoms with Crippen molar-refractivity contribution >= 4 is 45.1 Å². The average molecular weight is 649 g/mol. The van der Waals surface area contributed by atoms with E-state index in [1.807, 2.05) is 22.9 Å². The number of carbonyl (C=O) groups excluding carboxylic acids is 3. The van der Waals surface area contributed by atoms with Gasteiger partial charge < -0.3 is 28.7 Å².